The predicted molar refractivity (Wildman–Crippen MR) is 128 cm³/mol. The Labute approximate surface area is 186 Å². The molecule has 0 unspecified atom stereocenters. The van der Waals surface area contributed by atoms with Gasteiger partial charge in [0.05, 0.1) is 14.2 Å². The van der Waals surface area contributed by atoms with Crippen molar-refractivity contribution in [3.05, 3.63) is 60.2 Å². The molecule has 2 heterocycles. The van der Waals surface area contributed by atoms with Crippen LogP contribution in [0.25, 0.3) is 6.08 Å². The number of piperazine rings is 1. The lowest BCUT2D eigenvalue weighted by Crippen LogP contribution is -2.55. The topological polar surface area (TPSA) is 28.2 Å². The monoisotopic (exact) mass is 421 g/mol. The van der Waals surface area contributed by atoms with Crippen LogP contribution in [0.4, 0.5) is 5.69 Å². The van der Waals surface area contributed by atoms with Crippen LogP contribution in [-0.2, 0) is 0 Å². The number of benzene rings is 2. The van der Waals surface area contributed by atoms with Crippen molar-refractivity contribution in [2.45, 2.75) is 18.9 Å². The van der Waals surface area contributed by atoms with Gasteiger partial charge >= 0.3 is 0 Å². The zero-order valence-electron chi connectivity index (χ0n) is 18.9. The lowest BCUT2D eigenvalue weighted by atomic mass is 10.0. The summed E-state index contributed by atoms with van der Waals surface area (Å²) in [6, 6.07) is 17.4. The molecule has 0 bridgehead atoms. The Bertz CT molecular complexity index is 827. The normalized spacial score (nSPS) is 20.8. The average Bonchev–Trinajstić information content (AvgIpc) is 2.85. The molecule has 0 saturated carbocycles. The molecule has 2 aliphatic rings. The maximum absolute atomic E-state index is 5.28. The third kappa shape index (κ3) is 5.81. The second kappa shape index (κ2) is 10.7. The van der Waals surface area contributed by atoms with E-state index in [0.29, 0.717) is 6.04 Å². The molecule has 0 aromatic heterocycles. The molecule has 0 aliphatic carbocycles. The average molecular weight is 422 g/mol. The molecule has 2 aromatic rings. The number of likely N-dealkylation sites (tertiary alicyclic amines) is 1. The molecule has 0 N–H and O–H groups in total. The van der Waals surface area contributed by atoms with Gasteiger partial charge in [-0.3, -0.25) is 9.80 Å². The third-order valence-corrected chi connectivity index (χ3v) is 6.54. The van der Waals surface area contributed by atoms with E-state index in [1.165, 1.54) is 37.2 Å². The van der Waals surface area contributed by atoms with Gasteiger partial charge < -0.3 is 14.4 Å². The number of hydrogen-bond donors (Lipinski definition) is 0. The largest absolute Gasteiger partial charge is 0.497 e. The lowest BCUT2D eigenvalue weighted by molar-refractivity contribution is 0.0991. The summed E-state index contributed by atoms with van der Waals surface area (Å²) in [4.78, 5) is 7.80. The standard InChI is InChI=1S/C26H35N3O2/c1-30-25-11-7-22(8-12-25)5-3-15-27-16-4-6-24(21-27)29-19-17-28(18-20-29)23-9-13-26(31-2)14-10-23/h3,5,7-14,24H,4,6,15-21H2,1-2H3/b5-3+/t24-/m0/s1. The molecule has 166 valence electrons. The summed E-state index contributed by atoms with van der Waals surface area (Å²) in [5, 5.41) is 0. The van der Waals surface area contributed by atoms with E-state index in [2.05, 4.69) is 63.2 Å². The first-order chi connectivity index (χ1) is 15.2. The molecule has 1 atom stereocenters. The van der Waals surface area contributed by atoms with Crippen LogP contribution in [0.3, 0.4) is 0 Å². The van der Waals surface area contributed by atoms with Gasteiger partial charge in [0.15, 0.2) is 0 Å². The Morgan fingerprint density at radius 3 is 2.13 bits per heavy atom. The van der Waals surface area contributed by atoms with Crippen LogP contribution in [-0.4, -0.2) is 75.9 Å². The summed E-state index contributed by atoms with van der Waals surface area (Å²) in [5.74, 6) is 1.83. The number of methoxy groups -OCH3 is 2. The van der Waals surface area contributed by atoms with Crippen LogP contribution in [0, 0.1) is 0 Å². The molecular formula is C26H35N3O2. The van der Waals surface area contributed by atoms with E-state index in [4.69, 9.17) is 9.47 Å². The van der Waals surface area contributed by atoms with E-state index < -0.39 is 0 Å². The molecule has 5 heteroatoms. The lowest BCUT2D eigenvalue weighted by Gasteiger charge is -2.43. The Morgan fingerprint density at radius 2 is 1.48 bits per heavy atom. The van der Waals surface area contributed by atoms with Gasteiger partial charge in [0.1, 0.15) is 11.5 Å². The van der Waals surface area contributed by atoms with Gasteiger partial charge in [-0.1, -0.05) is 24.3 Å². The summed E-state index contributed by atoms with van der Waals surface area (Å²) in [6.07, 6.45) is 7.13. The van der Waals surface area contributed by atoms with Crippen LogP contribution in [0.5, 0.6) is 11.5 Å². The summed E-state index contributed by atoms with van der Waals surface area (Å²) in [7, 11) is 3.42. The molecule has 4 rings (SSSR count). The van der Waals surface area contributed by atoms with E-state index in [9.17, 15) is 0 Å². The minimum Gasteiger partial charge on any atom is -0.497 e. The maximum atomic E-state index is 5.28. The van der Waals surface area contributed by atoms with Crippen LogP contribution < -0.4 is 14.4 Å². The maximum Gasteiger partial charge on any atom is 0.119 e. The number of rotatable bonds is 7. The van der Waals surface area contributed by atoms with Gasteiger partial charge in [-0.25, -0.2) is 0 Å². The zero-order chi connectivity index (χ0) is 21.5. The Morgan fingerprint density at radius 1 is 0.839 bits per heavy atom. The smallest absolute Gasteiger partial charge is 0.119 e. The molecule has 2 fully saturated rings. The summed E-state index contributed by atoms with van der Waals surface area (Å²) in [6.45, 7) is 7.89. The van der Waals surface area contributed by atoms with E-state index in [1.807, 2.05) is 12.1 Å². The number of anilines is 1. The SMILES string of the molecule is COc1ccc(/C=C/CN2CCC[C@H](N3CCN(c4ccc(OC)cc4)CC3)C2)cc1. The van der Waals surface area contributed by atoms with Crippen molar-refractivity contribution in [3.8, 4) is 11.5 Å². The highest BCUT2D eigenvalue weighted by Gasteiger charge is 2.27. The number of piperidine rings is 1. The Balaban J connectivity index is 1.24. The molecule has 2 aromatic carbocycles. The van der Waals surface area contributed by atoms with Gasteiger partial charge in [-0.15, -0.1) is 0 Å². The van der Waals surface area contributed by atoms with E-state index in [-0.39, 0.29) is 0 Å². The molecular weight excluding hydrogens is 386 g/mol. The number of ether oxygens (including phenoxy) is 2. The van der Waals surface area contributed by atoms with Crippen LogP contribution in [0.15, 0.2) is 54.6 Å². The fourth-order valence-corrected chi connectivity index (χ4v) is 4.69. The van der Waals surface area contributed by atoms with Crippen molar-refractivity contribution in [2.24, 2.45) is 0 Å². The van der Waals surface area contributed by atoms with Crippen molar-refractivity contribution in [2.75, 3.05) is 64.9 Å². The second-order valence-electron chi connectivity index (χ2n) is 8.45. The number of hydrogen-bond acceptors (Lipinski definition) is 5. The minimum atomic E-state index is 0.682. The van der Waals surface area contributed by atoms with E-state index >= 15 is 0 Å². The fraction of sp³-hybridized carbons (Fsp3) is 0.462. The van der Waals surface area contributed by atoms with E-state index in [1.54, 1.807) is 14.2 Å². The highest BCUT2D eigenvalue weighted by atomic mass is 16.5. The first-order valence-electron chi connectivity index (χ1n) is 11.4. The van der Waals surface area contributed by atoms with Gasteiger partial charge in [-0.05, 0) is 61.3 Å². The van der Waals surface area contributed by atoms with Crippen molar-refractivity contribution in [1.29, 1.82) is 0 Å². The first kappa shape index (κ1) is 21.7. The summed E-state index contributed by atoms with van der Waals surface area (Å²) < 4.78 is 10.5. The predicted octanol–water partition coefficient (Wildman–Crippen LogP) is 4.00. The van der Waals surface area contributed by atoms with Crippen molar-refractivity contribution in [3.63, 3.8) is 0 Å². The molecule has 2 saturated heterocycles. The van der Waals surface area contributed by atoms with Crippen molar-refractivity contribution in [1.82, 2.24) is 9.80 Å². The summed E-state index contributed by atoms with van der Waals surface area (Å²) >= 11 is 0. The van der Waals surface area contributed by atoms with Gasteiger partial charge in [0, 0.05) is 51.0 Å². The highest BCUT2D eigenvalue weighted by Crippen LogP contribution is 2.23. The molecule has 0 amide bonds. The molecule has 31 heavy (non-hydrogen) atoms. The van der Waals surface area contributed by atoms with Crippen molar-refractivity contribution < 1.29 is 9.47 Å². The zero-order valence-corrected chi connectivity index (χ0v) is 18.9. The van der Waals surface area contributed by atoms with Crippen LogP contribution in [0.1, 0.15) is 18.4 Å². The van der Waals surface area contributed by atoms with Gasteiger partial charge in [-0.2, -0.15) is 0 Å². The minimum absolute atomic E-state index is 0.682. The van der Waals surface area contributed by atoms with Gasteiger partial charge in [0.25, 0.3) is 0 Å². The Kier molecular flexibility index (Phi) is 7.49. The molecule has 5 nitrogen and oxygen atoms in total. The Hall–Kier alpha value is -2.50. The fourth-order valence-electron chi connectivity index (χ4n) is 4.69. The van der Waals surface area contributed by atoms with Crippen LogP contribution >= 0.6 is 0 Å². The molecule has 0 radical (unpaired) electrons. The third-order valence-electron chi connectivity index (χ3n) is 6.54. The first-order valence-corrected chi connectivity index (χ1v) is 11.4. The highest BCUT2D eigenvalue weighted by molar-refractivity contribution is 5.51. The number of nitrogens with zero attached hydrogens (tertiary/aromatic N) is 3. The van der Waals surface area contributed by atoms with Crippen molar-refractivity contribution >= 4 is 11.8 Å². The molecule has 0 spiro atoms. The van der Waals surface area contributed by atoms with Crippen LogP contribution in [0.2, 0.25) is 0 Å². The molecule has 2 aliphatic heterocycles. The quantitative estimate of drug-likeness (QED) is 0.674. The van der Waals surface area contributed by atoms with E-state index in [0.717, 1.165) is 44.2 Å². The van der Waals surface area contributed by atoms with Gasteiger partial charge in [0.2, 0.25) is 0 Å². The second-order valence-corrected chi connectivity index (χ2v) is 8.45. The summed E-state index contributed by atoms with van der Waals surface area (Å²) in [5.41, 5.74) is 2.53.